The van der Waals surface area contributed by atoms with Crippen molar-refractivity contribution in [1.82, 2.24) is 10.2 Å². The average Bonchev–Trinajstić information content (AvgIpc) is 2.83. The van der Waals surface area contributed by atoms with Crippen LogP contribution in [0, 0.1) is 5.92 Å². The number of nitrogens with zero attached hydrogens (tertiary/aromatic N) is 1. The number of hydrogen-bond acceptors (Lipinski definition) is 2. The van der Waals surface area contributed by atoms with Crippen LogP contribution in [0.2, 0.25) is 0 Å². The number of rotatable bonds is 1. The van der Waals surface area contributed by atoms with Crippen LogP contribution in [0.25, 0.3) is 0 Å². The lowest BCUT2D eigenvalue weighted by Gasteiger charge is -2.43. The van der Waals surface area contributed by atoms with Gasteiger partial charge in [-0.1, -0.05) is 19.3 Å². The van der Waals surface area contributed by atoms with Crippen LogP contribution >= 0.6 is 0 Å². The molecular weight excluding hydrogens is 224 g/mol. The molecular formula is C15H26N2O. The quantitative estimate of drug-likeness (QED) is 0.774. The molecule has 0 unspecified atom stereocenters. The number of nitrogens with one attached hydrogen (secondary N) is 1. The summed E-state index contributed by atoms with van der Waals surface area (Å²) >= 11 is 0. The molecule has 0 aromatic heterocycles. The SMILES string of the molecule is O=C(C1CCCCC1)N1CCCC12CCNCC2. The van der Waals surface area contributed by atoms with Crippen molar-refractivity contribution in [3.05, 3.63) is 0 Å². The van der Waals surface area contributed by atoms with Crippen LogP contribution in [0.3, 0.4) is 0 Å². The third-order valence-electron chi connectivity index (χ3n) is 5.35. The van der Waals surface area contributed by atoms with Gasteiger partial charge in [0.05, 0.1) is 0 Å². The Hall–Kier alpha value is -0.570. The largest absolute Gasteiger partial charge is 0.337 e. The molecule has 18 heavy (non-hydrogen) atoms. The van der Waals surface area contributed by atoms with Crippen molar-refractivity contribution in [1.29, 1.82) is 0 Å². The second kappa shape index (κ2) is 5.20. The van der Waals surface area contributed by atoms with Crippen LogP contribution in [0.1, 0.15) is 57.8 Å². The summed E-state index contributed by atoms with van der Waals surface area (Å²) < 4.78 is 0. The number of amides is 1. The molecule has 3 fully saturated rings. The fraction of sp³-hybridized carbons (Fsp3) is 0.933. The molecule has 3 nitrogen and oxygen atoms in total. The molecule has 2 heterocycles. The number of hydrogen-bond donors (Lipinski definition) is 1. The van der Waals surface area contributed by atoms with E-state index in [2.05, 4.69) is 10.2 Å². The van der Waals surface area contributed by atoms with Crippen LogP contribution in [-0.2, 0) is 4.79 Å². The third-order valence-corrected chi connectivity index (χ3v) is 5.35. The van der Waals surface area contributed by atoms with E-state index < -0.39 is 0 Å². The van der Waals surface area contributed by atoms with Crippen molar-refractivity contribution in [2.24, 2.45) is 5.92 Å². The highest BCUT2D eigenvalue weighted by atomic mass is 16.2. The normalized spacial score (nSPS) is 28.8. The lowest BCUT2D eigenvalue weighted by Crippen LogP contribution is -2.54. The smallest absolute Gasteiger partial charge is 0.226 e. The van der Waals surface area contributed by atoms with Gasteiger partial charge < -0.3 is 10.2 Å². The summed E-state index contributed by atoms with van der Waals surface area (Å²) in [6, 6.07) is 0. The van der Waals surface area contributed by atoms with Crippen molar-refractivity contribution in [2.45, 2.75) is 63.3 Å². The molecule has 3 rings (SSSR count). The van der Waals surface area contributed by atoms with Crippen LogP contribution < -0.4 is 5.32 Å². The highest BCUT2D eigenvalue weighted by molar-refractivity contribution is 5.80. The monoisotopic (exact) mass is 250 g/mol. The first-order valence-corrected chi connectivity index (χ1v) is 7.84. The Kier molecular flexibility index (Phi) is 3.60. The zero-order chi connectivity index (χ0) is 12.4. The van der Waals surface area contributed by atoms with Crippen molar-refractivity contribution in [3.63, 3.8) is 0 Å². The fourth-order valence-corrected chi connectivity index (χ4v) is 4.26. The minimum Gasteiger partial charge on any atom is -0.337 e. The van der Waals surface area contributed by atoms with Gasteiger partial charge in [0.2, 0.25) is 5.91 Å². The molecule has 0 atom stereocenters. The van der Waals surface area contributed by atoms with Crippen LogP contribution in [0.4, 0.5) is 0 Å². The minimum absolute atomic E-state index is 0.236. The molecule has 3 aliphatic rings. The summed E-state index contributed by atoms with van der Waals surface area (Å²) in [6.45, 7) is 3.21. The van der Waals surface area contributed by atoms with Gasteiger partial charge in [-0.05, 0) is 51.6 Å². The predicted octanol–water partition coefficient (Wildman–Crippen LogP) is 2.31. The summed E-state index contributed by atoms with van der Waals surface area (Å²) in [7, 11) is 0. The summed E-state index contributed by atoms with van der Waals surface area (Å²) in [6.07, 6.45) is 11.0. The summed E-state index contributed by atoms with van der Waals surface area (Å²) in [4.78, 5) is 15.1. The van der Waals surface area contributed by atoms with Gasteiger partial charge in [0.25, 0.3) is 0 Å². The van der Waals surface area contributed by atoms with Crippen molar-refractivity contribution in [2.75, 3.05) is 19.6 Å². The molecule has 2 aliphatic heterocycles. The van der Waals surface area contributed by atoms with Gasteiger partial charge >= 0.3 is 0 Å². The first-order chi connectivity index (χ1) is 8.82. The number of carbonyl (C=O) groups excluding carboxylic acids is 1. The molecule has 1 N–H and O–H groups in total. The van der Waals surface area contributed by atoms with Gasteiger partial charge in [-0.3, -0.25) is 4.79 Å². The zero-order valence-corrected chi connectivity index (χ0v) is 11.4. The van der Waals surface area contributed by atoms with Gasteiger partial charge in [-0.25, -0.2) is 0 Å². The molecule has 102 valence electrons. The van der Waals surface area contributed by atoms with Crippen LogP contribution in [0.5, 0.6) is 0 Å². The first-order valence-electron chi connectivity index (χ1n) is 7.84. The van der Waals surface area contributed by atoms with E-state index in [1.54, 1.807) is 0 Å². The highest BCUT2D eigenvalue weighted by Crippen LogP contribution is 2.39. The van der Waals surface area contributed by atoms with E-state index in [1.807, 2.05) is 0 Å². The molecule has 1 spiro atoms. The maximum absolute atomic E-state index is 12.8. The van der Waals surface area contributed by atoms with Gasteiger partial charge in [-0.15, -0.1) is 0 Å². The lowest BCUT2D eigenvalue weighted by atomic mass is 9.83. The third kappa shape index (κ3) is 2.18. The van der Waals surface area contributed by atoms with E-state index in [4.69, 9.17) is 0 Å². The van der Waals surface area contributed by atoms with Crippen molar-refractivity contribution in [3.8, 4) is 0 Å². The van der Waals surface area contributed by atoms with E-state index in [-0.39, 0.29) is 5.54 Å². The minimum atomic E-state index is 0.236. The molecule has 0 bridgehead atoms. The molecule has 0 aromatic rings. The van der Waals surface area contributed by atoms with E-state index >= 15 is 0 Å². The van der Waals surface area contributed by atoms with Crippen molar-refractivity contribution < 1.29 is 4.79 Å². The number of piperidine rings is 1. The summed E-state index contributed by atoms with van der Waals surface area (Å²) in [5.74, 6) is 0.845. The second-order valence-electron chi connectivity index (χ2n) is 6.40. The summed E-state index contributed by atoms with van der Waals surface area (Å²) in [5.41, 5.74) is 0.236. The van der Waals surface area contributed by atoms with E-state index in [1.165, 1.54) is 44.9 Å². The Balaban J connectivity index is 1.71. The van der Waals surface area contributed by atoms with E-state index in [0.717, 1.165) is 32.5 Å². The molecule has 1 aliphatic carbocycles. The van der Waals surface area contributed by atoms with Crippen LogP contribution in [0.15, 0.2) is 0 Å². The van der Waals surface area contributed by atoms with Crippen molar-refractivity contribution >= 4 is 5.91 Å². The molecule has 0 aromatic carbocycles. The first kappa shape index (κ1) is 12.5. The average molecular weight is 250 g/mol. The maximum Gasteiger partial charge on any atom is 0.226 e. The lowest BCUT2D eigenvalue weighted by molar-refractivity contribution is -0.141. The topological polar surface area (TPSA) is 32.3 Å². The number of likely N-dealkylation sites (tertiary alicyclic amines) is 1. The highest BCUT2D eigenvalue weighted by Gasteiger charge is 2.45. The van der Waals surface area contributed by atoms with Gasteiger partial charge in [-0.2, -0.15) is 0 Å². The van der Waals surface area contributed by atoms with Gasteiger partial charge in [0.15, 0.2) is 0 Å². The molecule has 1 saturated carbocycles. The predicted molar refractivity (Wildman–Crippen MR) is 72.4 cm³/mol. The van der Waals surface area contributed by atoms with Crippen LogP contribution in [-0.4, -0.2) is 36.0 Å². The summed E-state index contributed by atoms with van der Waals surface area (Å²) in [5, 5.41) is 3.44. The Morgan fingerprint density at radius 1 is 1.00 bits per heavy atom. The van der Waals surface area contributed by atoms with E-state index in [9.17, 15) is 4.79 Å². The number of carbonyl (C=O) groups is 1. The second-order valence-corrected chi connectivity index (χ2v) is 6.40. The Morgan fingerprint density at radius 3 is 2.44 bits per heavy atom. The molecule has 1 amide bonds. The molecule has 3 heteroatoms. The van der Waals surface area contributed by atoms with Gasteiger partial charge in [0.1, 0.15) is 0 Å². The Bertz CT molecular complexity index is 304. The Morgan fingerprint density at radius 2 is 1.72 bits per heavy atom. The molecule has 0 radical (unpaired) electrons. The molecule has 2 saturated heterocycles. The fourth-order valence-electron chi connectivity index (χ4n) is 4.26. The Labute approximate surface area is 110 Å². The zero-order valence-electron chi connectivity index (χ0n) is 11.4. The van der Waals surface area contributed by atoms with Gasteiger partial charge in [0, 0.05) is 18.0 Å². The standard InChI is InChI=1S/C15H26N2O/c18-14(13-5-2-1-3-6-13)17-12-4-7-15(17)8-10-16-11-9-15/h13,16H,1-12H2. The van der Waals surface area contributed by atoms with E-state index in [0.29, 0.717) is 11.8 Å². The maximum atomic E-state index is 12.8.